The van der Waals surface area contributed by atoms with E-state index in [1.54, 1.807) is 0 Å². The molecule has 0 radical (unpaired) electrons. The number of nitrogens with one attached hydrogen (secondary N) is 1. The van der Waals surface area contributed by atoms with Crippen LogP contribution in [-0.2, 0) is 0 Å². The van der Waals surface area contributed by atoms with Gasteiger partial charge in [-0.3, -0.25) is 0 Å². The number of carbonyl (C=O) groups excluding carboxylic acids is 1. The van der Waals surface area contributed by atoms with Gasteiger partial charge in [-0.2, -0.15) is 0 Å². The maximum Gasteiger partial charge on any atom is 0.318 e. The summed E-state index contributed by atoms with van der Waals surface area (Å²) in [7, 11) is 0. The van der Waals surface area contributed by atoms with Gasteiger partial charge in [0, 0.05) is 31.7 Å². The average Bonchev–Trinajstić information content (AvgIpc) is 3.41. The third-order valence-electron chi connectivity index (χ3n) is 6.02. The second-order valence-electron chi connectivity index (χ2n) is 8.00. The first-order chi connectivity index (χ1) is 12.2. The van der Waals surface area contributed by atoms with Crippen molar-refractivity contribution in [3.05, 3.63) is 23.7 Å². The van der Waals surface area contributed by atoms with Gasteiger partial charge >= 0.3 is 6.03 Å². The number of nitrogens with zero attached hydrogens (tertiary/aromatic N) is 2. The van der Waals surface area contributed by atoms with Crippen molar-refractivity contribution in [2.45, 2.75) is 76.4 Å². The lowest BCUT2D eigenvalue weighted by Gasteiger charge is -2.35. The minimum absolute atomic E-state index is 0.0859. The third-order valence-corrected chi connectivity index (χ3v) is 6.02. The van der Waals surface area contributed by atoms with E-state index in [4.69, 9.17) is 4.42 Å². The molecule has 0 spiro atoms. The molecule has 3 fully saturated rings. The van der Waals surface area contributed by atoms with Gasteiger partial charge in [0.1, 0.15) is 11.5 Å². The minimum Gasteiger partial charge on any atom is -0.464 e. The number of urea groups is 1. The predicted molar refractivity (Wildman–Crippen MR) is 97.5 cm³/mol. The third kappa shape index (κ3) is 4.02. The molecule has 3 heterocycles. The van der Waals surface area contributed by atoms with Crippen LogP contribution in [0.1, 0.15) is 68.9 Å². The molecule has 3 aliphatic rings. The van der Waals surface area contributed by atoms with E-state index in [1.807, 2.05) is 24.0 Å². The zero-order valence-corrected chi connectivity index (χ0v) is 15.4. The fraction of sp³-hybridized carbons (Fsp3) is 0.750. The molecule has 25 heavy (non-hydrogen) atoms. The SMILES string of the molecule is Cc1ccc(C2CCCCCN2C(=O)NC2CCN(C3CC3)CC2)o1. The lowest BCUT2D eigenvalue weighted by molar-refractivity contribution is 0.149. The Bertz CT molecular complexity index is 588. The van der Waals surface area contributed by atoms with Gasteiger partial charge in [-0.05, 0) is 57.6 Å². The fourth-order valence-electron chi connectivity index (χ4n) is 4.39. The van der Waals surface area contributed by atoms with Crippen molar-refractivity contribution in [2.75, 3.05) is 19.6 Å². The molecule has 2 amide bonds. The Kier molecular flexibility index (Phi) is 5.02. The van der Waals surface area contributed by atoms with Crippen molar-refractivity contribution in [3.8, 4) is 0 Å². The van der Waals surface area contributed by atoms with Crippen LogP contribution >= 0.6 is 0 Å². The number of likely N-dealkylation sites (tertiary alicyclic amines) is 2. The molecule has 5 nitrogen and oxygen atoms in total. The Hall–Kier alpha value is -1.49. The summed E-state index contributed by atoms with van der Waals surface area (Å²) in [5.41, 5.74) is 0. The maximum atomic E-state index is 13.0. The van der Waals surface area contributed by atoms with Gasteiger partial charge in [0.25, 0.3) is 0 Å². The Labute approximate surface area is 150 Å². The number of piperidine rings is 1. The number of furan rings is 1. The summed E-state index contributed by atoms with van der Waals surface area (Å²) < 4.78 is 5.87. The average molecular weight is 345 g/mol. The number of hydrogen-bond acceptors (Lipinski definition) is 3. The number of carbonyl (C=O) groups is 1. The van der Waals surface area contributed by atoms with Gasteiger partial charge in [-0.1, -0.05) is 12.8 Å². The summed E-state index contributed by atoms with van der Waals surface area (Å²) in [6.45, 7) is 5.07. The molecule has 1 atom stereocenters. The molecular weight excluding hydrogens is 314 g/mol. The van der Waals surface area contributed by atoms with E-state index < -0.39 is 0 Å². The molecule has 1 N–H and O–H groups in total. The van der Waals surface area contributed by atoms with Crippen LogP contribution in [-0.4, -0.2) is 47.5 Å². The highest BCUT2D eigenvalue weighted by Gasteiger charge is 2.34. The Balaban J connectivity index is 1.38. The second-order valence-corrected chi connectivity index (χ2v) is 8.00. The quantitative estimate of drug-likeness (QED) is 0.905. The number of rotatable bonds is 3. The molecule has 5 heteroatoms. The van der Waals surface area contributed by atoms with Gasteiger partial charge in [0.05, 0.1) is 6.04 Å². The molecule has 0 aromatic carbocycles. The zero-order chi connectivity index (χ0) is 17.2. The highest BCUT2D eigenvalue weighted by Crippen LogP contribution is 2.32. The molecule has 138 valence electrons. The van der Waals surface area contributed by atoms with Crippen molar-refractivity contribution < 1.29 is 9.21 Å². The second kappa shape index (κ2) is 7.40. The van der Waals surface area contributed by atoms with Crippen molar-refractivity contribution in [3.63, 3.8) is 0 Å². The molecular formula is C20H31N3O2. The van der Waals surface area contributed by atoms with Crippen LogP contribution in [0.5, 0.6) is 0 Å². The van der Waals surface area contributed by atoms with Gasteiger partial charge < -0.3 is 19.5 Å². The topological polar surface area (TPSA) is 48.7 Å². The number of aryl methyl sites for hydroxylation is 1. The van der Waals surface area contributed by atoms with Gasteiger partial charge in [-0.15, -0.1) is 0 Å². The highest BCUT2D eigenvalue weighted by atomic mass is 16.3. The molecule has 0 bridgehead atoms. The summed E-state index contributed by atoms with van der Waals surface area (Å²) >= 11 is 0. The largest absolute Gasteiger partial charge is 0.464 e. The normalized spacial score (nSPS) is 26.4. The van der Waals surface area contributed by atoms with Gasteiger partial charge in [0.15, 0.2) is 0 Å². The standard InChI is InChI=1S/C20H31N3O2/c1-15-6-9-19(25-15)18-5-3-2-4-12-23(18)20(24)21-16-10-13-22(14-11-16)17-7-8-17/h6,9,16-18H,2-5,7-8,10-14H2,1H3,(H,21,24). The highest BCUT2D eigenvalue weighted by molar-refractivity contribution is 5.75. The Morgan fingerprint density at radius 2 is 1.84 bits per heavy atom. The summed E-state index contributed by atoms with van der Waals surface area (Å²) in [5, 5.41) is 3.32. The minimum atomic E-state index is 0.0859. The van der Waals surface area contributed by atoms with Gasteiger partial charge in [0.2, 0.25) is 0 Å². The first-order valence-electron chi connectivity index (χ1n) is 10.1. The van der Waals surface area contributed by atoms with E-state index in [9.17, 15) is 4.79 Å². The molecule has 4 rings (SSSR count). The van der Waals surface area contributed by atoms with Crippen molar-refractivity contribution in [1.82, 2.24) is 15.1 Å². The molecule has 1 aromatic rings. The number of hydrogen-bond donors (Lipinski definition) is 1. The lowest BCUT2D eigenvalue weighted by atomic mass is 10.0. The van der Waals surface area contributed by atoms with E-state index in [1.165, 1.54) is 19.3 Å². The van der Waals surface area contributed by atoms with Crippen molar-refractivity contribution in [1.29, 1.82) is 0 Å². The van der Waals surface area contributed by atoms with E-state index in [0.717, 1.165) is 69.3 Å². The van der Waals surface area contributed by atoms with Crippen LogP contribution in [0.15, 0.2) is 16.5 Å². The van der Waals surface area contributed by atoms with Crippen LogP contribution < -0.4 is 5.32 Å². The van der Waals surface area contributed by atoms with Crippen molar-refractivity contribution in [2.24, 2.45) is 0 Å². The van der Waals surface area contributed by atoms with Crippen molar-refractivity contribution >= 4 is 6.03 Å². The van der Waals surface area contributed by atoms with Crippen LogP contribution in [0.25, 0.3) is 0 Å². The first-order valence-corrected chi connectivity index (χ1v) is 10.1. The van der Waals surface area contributed by atoms with E-state index in [0.29, 0.717) is 6.04 Å². The molecule has 1 aliphatic carbocycles. The van der Waals surface area contributed by atoms with Gasteiger partial charge in [-0.25, -0.2) is 4.79 Å². The molecule has 2 saturated heterocycles. The van der Waals surface area contributed by atoms with E-state index in [-0.39, 0.29) is 12.1 Å². The lowest BCUT2D eigenvalue weighted by Crippen LogP contribution is -2.50. The van der Waals surface area contributed by atoms with E-state index >= 15 is 0 Å². The summed E-state index contributed by atoms with van der Waals surface area (Å²) in [4.78, 5) is 17.6. The molecule has 1 unspecified atom stereocenters. The molecule has 1 aromatic heterocycles. The van der Waals surface area contributed by atoms with E-state index in [2.05, 4.69) is 10.2 Å². The summed E-state index contributed by atoms with van der Waals surface area (Å²) in [6.07, 6.45) is 9.35. The first kappa shape index (κ1) is 17.0. The van der Waals surface area contributed by atoms with Crippen LogP contribution in [0.4, 0.5) is 4.79 Å². The summed E-state index contributed by atoms with van der Waals surface area (Å²) in [6, 6.07) is 5.40. The maximum absolute atomic E-state index is 13.0. The van der Waals surface area contributed by atoms with Crippen LogP contribution in [0, 0.1) is 6.92 Å². The monoisotopic (exact) mass is 345 g/mol. The predicted octanol–water partition coefficient (Wildman–Crippen LogP) is 3.84. The molecule has 2 aliphatic heterocycles. The van der Waals surface area contributed by atoms with Crippen LogP contribution in [0.2, 0.25) is 0 Å². The fourth-order valence-corrected chi connectivity index (χ4v) is 4.39. The zero-order valence-electron chi connectivity index (χ0n) is 15.4. The summed E-state index contributed by atoms with van der Waals surface area (Å²) in [5.74, 6) is 1.87. The van der Waals surface area contributed by atoms with Crippen LogP contribution in [0.3, 0.4) is 0 Å². The number of amides is 2. The molecule has 1 saturated carbocycles. The Morgan fingerprint density at radius 1 is 1.04 bits per heavy atom. The Morgan fingerprint density at radius 3 is 2.52 bits per heavy atom. The smallest absolute Gasteiger partial charge is 0.318 e.